The van der Waals surface area contributed by atoms with Crippen molar-refractivity contribution in [3.8, 4) is 0 Å². The Bertz CT molecular complexity index is 402. The highest BCUT2D eigenvalue weighted by Crippen LogP contribution is 2.32. The molecular formula is C15H21Cl2NO. The lowest BCUT2D eigenvalue weighted by Gasteiger charge is -2.27. The van der Waals surface area contributed by atoms with Crippen molar-refractivity contribution in [3.05, 3.63) is 46.5 Å². The molecule has 1 N–H and O–H groups in total. The van der Waals surface area contributed by atoms with Gasteiger partial charge in [0.25, 0.3) is 0 Å². The van der Waals surface area contributed by atoms with Crippen molar-refractivity contribution in [3.63, 3.8) is 0 Å². The van der Waals surface area contributed by atoms with Gasteiger partial charge in [0.2, 0.25) is 0 Å². The Labute approximate surface area is 125 Å². The van der Waals surface area contributed by atoms with Crippen LogP contribution in [-0.2, 0) is 11.2 Å². The number of hydrogen-bond donors (Lipinski definition) is 1. The first-order valence-electron chi connectivity index (χ1n) is 6.28. The second-order valence-electron chi connectivity index (χ2n) is 4.90. The molecule has 0 spiro atoms. The lowest BCUT2D eigenvalue weighted by atomic mass is 9.83. The summed E-state index contributed by atoms with van der Waals surface area (Å²) in [5.74, 6) is 0. The number of nitrogens with one attached hydrogen (secondary N) is 1. The van der Waals surface area contributed by atoms with E-state index in [0.29, 0.717) is 16.7 Å². The molecule has 1 atom stereocenters. The van der Waals surface area contributed by atoms with Gasteiger partial charge in [-0.15, -0.1) is 6.58 Å². The summed E-state index contributed by atoms with van der Waals surface area (Å²) in [5, 5.41) is 4.77. The third-order valence-corrected chi connectivity index (χ3v) is 3.86. The van der Waals surface area contributed by atoms with Crippen LogP contribution in [0, 0.1) is 5.41 Å². The zero-order valence-corrected chi connectivity index (χ0v) is 13.0. The minimum atomic E-state index is -0.0949. The third kappa shape index (κ3) is 5.15. The molecule has 0 aromatic heterocycles. The zero-order valence-electron chi connectivity index (χ0n) is 11.5. The molecule has 0 heterocycles. The summed E-state index contributed by atoms with van der Waals surface area (Å²) in [6, 6.07) is 5.59. The highest BCUT2D eigenvalue weighted by atomic mass is 35.5. The molecule has 0 bridgehead atoms. The molecule has 1 unspecified atom stereocenters. The normalized spacial score (nSPS) is 14.1. The van der Waals surface area contributed by atoms with Crippen LogP contribution < -0.4 is 5.32 Å². The van der Waals surface area contributed by atoms with E-state index in [0.717, 1.165) is 25.1 Å². The van der Waals surface area contributed by atoms with E-state index in [2.05, 4.69) is 18.8 Å². The Morgan fingerprint density at radius 2 is 2.00 bits per heavy atom. The molecule has 0 radical (unpaired) electrons. The topological polar surface area (TPSA) is 21.3 Å². The maximum Gasteiger partial charge on any atom is 0.0587 e. The largest absolute Gasteiger partial charge is 0.383 e. The smallest absolute Gasteiger partial charge is 0.0587 e. The fourth-order valence-electron chi connectivity index (χ4n) is 1.86. The van der Waals surface area contributed by atoms with Crippen molar-refractivity contribution in [2.24, 2.45) is 5.41 Å². The standard InChI is InChI=1S/C15H21Cl2NO/c1-4-15(2,11-18-8-9-19-3)10-12-13(16)6-5-7-14(12)17/h4-7,18H,1,8-11H2,2-3H3. The van der Waals surface area contributed by atoms with Gasteiger partial charge in [-0.1, -0.05) is 42.3 Å². The lowest BCUT2D eigenvalue weighted by Crippen LogP contribution is -2.34. The van der Waals surface area contributed by atoms with E-state index in [4.69, 9.17) is 27.9 Å². The highest BCUT2D eigenvalue weighted by Gasteiger charge is 2.23. The SMILES string of the molecule is C=CC(C)(CNCCOC)Cc1c(Cl)cccc1Cl. The van der Waals surface area contributed by atoms with Crippen LogP contribution >= 0.6 is 23.2 Å². The maximum atomic E-state index is 6.22. The van der Waals surface area contributed by atoms with Crippen LogP contribution in [0.3, 0.4) is 0 Å². The van der Waals surface area contributed by atoms with E-state index >= 15 is 0 Å². The molecule has 0 saturated carbocycles. The Balaban J connectivity index is 2.72. The molecule has 106 valence electrons. The monoisotopic (exact) mass is 301 g/mol. The van der Waals surface area contributed by atoms with Gasteiger partial charge < -0.3 is 10.1 Å². The molecule has 2 nitrogen and oxygen atoms in total. The molecule has 0 saturated heterocycles. The molecule has 0 fully saturated rings. The first-order valence-corrected chi connectivity index (χ1v) is 7.04. The number of methoxy groups -OCH3 is 1. The van der Waals surface area contributed by atoms with Crippen LogP contribution in [-0.4, -0.2) is 26.8 Å². The van der Waals surface area contributed by atoms with Crippen molar-refractivity contribution in [1.82, 2.24) is 5.32 Å². The van der Waals surface area contributed by atoms with Gasteiger partial charge in [0.05, 0.1) is 6.61 Å². The second kappa shape index (κ2) is 7.91. The van der Waals surface area contributed by atoms with Gasteiger partial charge in [-0.25, -0.2) is 0 Å². The van der Waals surface area contributed by atoms with Gasteiger partial charge in [0.1, 0.15) is 0 Å². The minimum Gasteiger partial charge on any atom is -0.383 e. The van der Waals surface area contributed by atoms with Gasteiger partial charge in [-0.05, 0) is 24.1 Å². The van der Waals surface area contributed by atoms with Crippen LogP contribution in [0.4, 0.5) is 0 Å². The van der Waals surface area contributed by atoms with E-state index < -0.39 is 0 Å². The molecule has 0 aliphatic carbocycles. The number of halogens is 2. The summed E-state index contributed by atoms with van der Waals surface area (Å²) in [6.07, 6.45) is 2.71. The van der Waals surface area contributed by atoms with Crippen molar-refractivity contribution in [2.75, 3.05) is 26.8 Å². The highest BCUT2D eigenvalue weighted by molar-refractivity contribution is 6.36. The van der Waals surface area contributed by atoms with Gasteiger partial charge in [-0.2, -0.15) is 0 Å². The first-order chi connectivity index (χ1) is 9.02. The quantitative estimate of drug-likeness (QED) is 0.579. The van der Waals surface area contributed by atoms with Gasteiger partial charge in [0.15, 0.2) is 0 Å². The molecule has 0 aliphatic rings. The van der Waals surface area contributed by atoms with Gasteiger partial charge in [0, 0.05) is 35.7 Å². The average Bonchev–Trinajstić information content (AvgIpc) is 2.39. The number of ether oxygens (including phenoxy) is 1. The third-order valence-electron chi connectivity index (χ3n) is 3.15. The van der Waals surface area contributed by atoms with E-state index in [1.165, 1.54) is 0 Å². The second-order valence-corrected chi connectivity index (χ2v) is 5.72. The van der Waals surface area contributed by atoms with Gasteiger partial charge in [-0.3, -0.25) is 0 Å². The minimum absolute atomic E-state index is 0.0949. The summed E-state index contributed by atoms with van der Waals surface area (Å²) >= 11 is 12.4. The van der Waals surface area contributed by atoms with Crippen LogP contribution in [0.1, 0.15) is 12.5 Å². The molecule has 1 rings (SSSR count). The van der Waals surface area contributed by atoms with E-state index in [9.17, 15) is 0 Å². The van der Waals surface area contributed by atoms with Crippen molar-refractivity contribution in [1.29, 1.82) is 0 Å². The van der Waals surface area contributed by atoms with Crippen molar-refractivity contribution in [2.45, 2.75) is 13.3 Å². The molecule has 4 heteroatoms. The Morgan fingerprint density at radius 3 is 2.53 bits per heavy atom. The molecule has 1 aromatic carbocycles. The molecule has 1 aromatic rings. The van der Waals surface area contributed by atoms with Crippen LogP contribution in [0.5, 0.6) is 0 Å². The van der Waals surface area contributed by atoms with Crippen molar-refractivity contribution >= 4 is 23.2 Å². The summed E-state index contributed by atoms with van der Waals surface area (Å²) in [6.45, 7) is 8.39. The molecule has 0 amide bonds. The fourth-order valence-corrected chi connectivity index (χ4v) is 2.39. The summed E-state index contributed by atoms with van der Waals surface area (Å²) in [4.78, 5) is 0. The number of benzene rings is 1. The summed E-state index contributed by atoms with van der Waals surface area (Å²) in [5.41, 5.74) is 0.879. The van der Waals surface area contributed by atoms with Crippen LogP contribution in [0.2, 0.25) is 10.0 Å². The zero-order chi connectivity index (χ0) is 14.3. The Hall–Kier alpha value is -0.540. The average molecular weight is 302 g/mol. The first kappa shape index (κ1) is 16.5. The predicted molar refractivity (Wildman–Crippen MR) is 83.2 cm³/mol. The molecular weight excluding hydrogens is 281 g/mol. The molecule has 0 aliphatic heterocycles. The molecule has 19 heavy (non-hydrogen) atoms. The van der Waals surface area contributed by atoms with Crippen LogP contribution in [0.25, 0.3) is 0 Å². The number of hydrogen-bond acceptors (Lipinski definition) is 2. The van der Waals surface area contributed by atoms with E-state index in [1.54, 1.807) is 7.11 Å². The Kier molecular flexibility index (Phi) is 6.87. The van der Waals surface area contributed by atoms with Crippen LogP contribution in [0.15, 0.2) is 30.9 Å². The fraction of sp³-hybridized carbons (Fsp3) is 0.467. The maximum absolute atomic E-state index is 6.22. The lowest BCUT2D eigenvalue weighted by molar-refractivity contribution is 0.196. The summed E-state index contributed by atoms with van der Waals surface area (Å²) in [7, 11) is 1.69. The van der Waals surface area contributed by atoms with E-state index in [1.807, 2.05) is 24.3 Å². The number of rotatable bonds is 8. The summed E-state index contributed by atoms with van der Waals surface area (Å²) < 4.78 is 5.02. The predicted octanol–water partition coefficient (Wildman–Crippen LogP) is 3.96. The van der Waals surface area contributed by atoms with E-state index in [-0.39, 0.29) is 5.41 Å². The van der Waals surface area contributed by atoms with Crippen molar-refractivity contribution < 1.29 is 4.74 Å². The van der Waals surface area contributed by atoms with Gasteiger partial charge >= 0.3 is 0 Å². The Morgan fingerprint density at radius 1 is 1.37 bits per heavy atom.